The average molecular weight is 1460 g/mol. The maximum Gasteiger partial charge on any atom is 0.407 e. The number of nitrogens with zero attached hydrogens (tertiary/aromatic N) is 6. The van der Waals surface area contributed by atoms with Crippen LogP contribution in [0.3, 0.4) is 0 Å². The van der Waals surface area contributed by atoms with Crippen LogP contribution in [0.15, 0.2) is 46.3 Å². The number of rotatable bonds is 48. The van der Waals surface area contributed by atoms with E-state index >= 15 is 4.39 Å². The van der Waals surface area contributed by atoms with Crippen LogP contribution < -0.4 is 43.2 Å². The molecule has 9 N–H and O–H groups in total. The van der Waals surface area contributed by atoms with Gasteiger partial charge in [-0.05, 0) is 90.9 Å². The number of anilines is 1. The number of carbonyl (C=O) groups is 8. The van der Waals surface area contributed by atoms with Gasteiger partial charge < -0.3 is 104 Å². The van der Waals surface area contributed by atoms with E-state index in [1.54, 1.807) is 58.0 Å². The lowest BCUT2D eigenvalue weighted by Gasteiger charge is -2.31. The van der Waals surface area contributed by atoms with E-state index in [2.05, 4.69) is 41.9 Å². The molecule has 0 spiro atoms. The zero-order valence-electron chi connectivity index (χ0n) is 59.4. The van der Waals surface area contributed by atoms with Crippen molar-refractivity contribution < 1.29 is 100.0 Å². The van der Waals surface area contributed by atoms with E-state index in [-0.39, 0.29) is 82.9 Å². The van der Waals surface area contributed by atoms with Gasteiger partial charge in [0.15, 0.2) is 5.60 Å². The van der Waals surface area contributed by atoms with Crippen molar-refractivity contribution in [2.24, 2.45) is 16.8 Å². The van der Waals surface area contributed by atoms with Gasteiger partial charge in [-0.25, -0.2) is 23.8 Å². The third-order valence-electron chi connectivity index (χ3n) is 17.2. The van der Waals surface area contributed by atoms with E-state index < -0.39 is 102 Å². The number of likely N-dealkylation sites (N-methyl/N-ethyl adjacent to an activating group) is 1. The number of hydrogen-bond acceptors (Lipinski definition) is 23. The Hall–Kier alpha value is -9.00. The predicted molar refractivity (Wildman–Crippen MR) is 371 cm³/mol. The van der Waals surface area contributed by atoms with Crippen molar-refractivity contribution in [2.45, 2.75) is 110 Å². The maximum atomic E-state index is 15.5. The van der Waals surface area contributed by atoms with Crippen LogP contribution in [-0.2, 0) is 113 Å². The van der Waals surface area contributed by atoms with E-state index in [1.165, 1.54) is 17.7 Å². The van der Waals surface area contributed by atoms with Crippen LogP contribution in [0.25, 0.3) is 32.7 Å². The fourth-order valence-corrected chi connectivity index (χ4v) is 11.6. The first-order valence-corrected chi connectivity index (χ1v) is 34.6. The average Bonchev–Trinajstić information content (AvgIpc) is 1.45. The van der Waals surface area contributed by atoms with Crippen LogP contribution in [0.2, 0.25) is 0 Å². The summed E-state index contributed by atoms with van der Waals surface area (Å²) in [6.45, 7) is 12.1. The van der Waals surface area contributed by atoms with Gasteiger partial charge in [0.05, 0.1) is 167 Å². The van der Waals surface area contributed by atoms with Crippen molar-refractivity contribution in [3.8, 4) is 11.4 Å². The zero-order chi connectivity index (χ0) is 75.0. The second-order valence-electron chi connectivity index (χ2n) is 24.8. The van der Waals surface area contributed by atoms with Crippen molar-refractivity contribution in [2.75, 3.05) is 157 Å². The number of azide groups is 1. The number of hydrogen-bond donors (Lipinski definition) is 8. The summed E-state index contributed by atoms with van der Waals surface area (Å²) in [7, 11) is 1.36. The van der Waals surface area contributed by atoms with Gasteiger partial charge in [-0.15, -0.1) is 0 Å². The molecule has 0 bridgehead atoms. The van der Waals surface area contributed by atoms with Gasteiger partial charge in [-0.2, -0.15) is 0 Å². The van der Waals surface area contributed by atoms with Crippen molar-refractivity contribution in [3.63, 3.8) is 0 Å². The number of cyclic esters (lactones) is 1. The number of alkyl carbamates (subject to hydrolysis) is 1. The molecule has 34 nitrogen and oxygen atoms in total. The lowest BCUT2D eigenvalue weighted by molar-refractivity contribution is -0.172. The highest BCUT2D eigenvalue weighted by molar-refractivity contribution is 5.97. The molecule has 0 radical (unpaired) electrons. The molecule has 8 amide bonds. The minimum absolute atomic E-state index is 0.00271. The fraction of sp³-hybridized carbons (Fsp3) is 0.594. The normalized spacial score (nSPS) is 15.3. The van der Waals surface area contributed by atoms with E-state index in [1.807, 2.05) is 0 Å². The summed E-state index contributed by atoms with van der Waals surface area (Å²) >= 11 is 0. The largest absolute Gasteiger partial charge is 0.458 e. The van der Waals surface area contributed by atoms with E-state index in [0.717, 1.165) is 10.5 Å². The number of carbonyl (C=O) groups excluding carboxylic acids is 8. The maximum absolute atomic E-state index is 15.5. The Bertz CT molecular complexity index is 3690. The minimum Gasteiger partial charge on any atom is -0.458 e. The molecule has 0 saturated carbocycles. The molecule has 0 unspecified atom stereocenters. The summed E-state index contributed by atoms with van der Waals surface area (Å²) < 4.78 is 77.0. The second-order valence-corrected chi connectivity index (χ2v) is 24.8. The molecule has 7 rings (SSSR count). The topological polar surface area (TPSA) is 443 Å². The standard InChI is InChI=1S/C69H96FN13O21/c1-6-69(93)50-36-55-62-48(39-83(55)65(89)49(50)42-103-66(69)90)60-52(14-13-47-44(4)51(70)37-54(77-62)59(47)60)79-68(92)104-41-45-9-11-46(12-10-45)76-57(85)40-82(5)58(86)38-74-63(87)53(8-7-16-73-67(71)91)78-64(88)61(43(2)3)80-56(84)15-18-94-20-22-96-24-26-98-28-30-100-32-34-102-35-33-101-31-29-99-27-25-97-23-21-95-19-17-75-81-72/h9-12,36-37,43,52-53,61,93H,6-8,13-35,38-42H2,1-5H3,(H,74,87)(H,76,85)(H,78,88)(H,79,92)(H,80,84)(H3,71,73,91)/t52-,53-,61-,69-/m0/s1. The molecule has 104 heavy (non-hydrogen) atoms. The summed E-state index contributed by atoms with van der Waals surface area (Å²) in [5.74, 6) is -4.89. The van der Waals surface area contributed by atoms with E-state index in [0.29, 0.717) is 169 Å². The van der Waals surface area contributed by atoms with Crippen LogP contribution >= 0.6 is 0 Å². The van der Waals surface area contributed by atoms with Crippen molar-refractivity contribution >= 4 is 64.2 Å². The summed E-state index contributed by atoms with van der Waals surface area (Å²) in [4.78, 5) is 127. The van der Waals surface area contributed by atoms with Crippen LogP contribution in [-0.4, -0.2) is 231 Å². The molecule has 4 aromatic rings. The first-order valence-electron chi connectivity index (χ1n) is 34.6. The highest BCUT2D eigenvalue weighted by Crippen LogP contribution is 2.46. The SMILES string of the molecule is CC[C@@]1(O)C(=O)OCc2c1cc1n(c2=O)Cc2c-1nc1cc(F)c(C)c3c1c2[C@@H](NC(=O)OCc1ccc(NC(=O)CN(C)C(=O)CNC(=O)[C@H](CCCNC(N)=O)NC(=O)[C@@H](NC(=O)CCOCCOCCOCCOCCOCCOCCOCCOCCOCCN=[N+]=[N-])C(C)C)cc1)CC3. The number of urea groups is 1. The number of fused-ring (bicyclic) bond motifs is 5. The number of pyridine rings is 2. The summed E-state index contributed by atoms with van der Waals surface area (Å²) in [5.41, 5.74) is 15.5. The van der Waals surface area contributed by atoms with Gasteiger partial charge in [-0.1, -0.05) is 38.0 Å². The number of amides is 8. The number of esters is 1. The second kappa shape index (κ2) is 42.7. The number of halogens is 1. The molecular formula is C69H96FN13O21. The third kappa shape index (κ3) is 24.6. The van der Waals surface area contributed by atoms with Crippen molar-refractivity contribution in [1.82, 2.24) is 41.0 Å². The molecule has 35 heteroatoms. The Kier molecular flexibility index (Phi) is 33.8. The zero-order valence-corrected chi connectivity index (χ0v) is 59.4. The van der Waals surface area contributed by atoms with E-state index in [4.69, 9.17) is 68.4 Å². The Morgan fingerprint density at radius 3 is 1.95 bits per heavy atom. The molecule has 570 valence electrons. The lowest BCUT2D eigenvalue weighted by atomic mass is 9.81. The summed E-state index contributed by atoms with van der Waals surface area (Å²) in [6.07, 6.45) is 0.0609. The molecule has 2 aliphatic heterocycles. The van der Waals surface area contributed by atoms with Gasteiger partial charge >= 0.3 is 18.1 Å². The number of aliphatic hydroxyl groups is 1. The number of nitrogens with two attached hydrogens (primary N) is 1. The Morgan fingerprint density at radius 2 is 1.38 bits per heavy atom. The quantitative estimate of drug-likeness (QED) is 0.00912. The number of nitrogens with one attached hydrogen (secondary N) is 6. The summed E-state index contributed by atoms with van der Waals surface area (Å²) in [5, 5.41) is 31.4. The van der Waals surface area contributed by atoms with Crippen molar-refractivity contribution in [1.29, 1.82) is 0 Å². The molecule has 0 saturated heterocycles. The monoisotopic (exact) mass is 1460 g/mol. The van der Waals surface area contributed by atoms with Crippen LogP contribution in [0.1, 0.15) is 97.9 Å². The Morgan fingerprint density at radius 1 is 0.798 bits per heavy atom. The van der Waals surface area contributed by atoms with Gasteiger partial charge in [-0.3, -0.25) is 28.8 Å². The smallest absolute Gasteiger partial charge is 0.407 e. The van der Waals surface area contributed by atoms with Crippen LogP contribution in [0.4, 0.5) is 19.7 Å². The molecule has 2 aromatic carbocycles. The van der Waals surface area contributed by atoms with Gasteiger partial charge in [0.25, 0.3) is 5.56 Å². The van der Waals surface area contributed by atoms with Crippen LogP contribution in [0.5, 0.6) is 0 Å². The first kappa shape index (κ1) is 82.3. The van der Waals surface area contributed by atoms with Crippen LogP contribution in [0, 0.1) is 18.7 Å². The van der Waals surface area contributed by atoms with Crippen molar-refractivity contribution in [3.05, 3.63) is 102 Å². The molecule has 2 aromatic heterocycles. The number of benzene rings is 2. The highest BCUT2D eigenvalue weighted by atomic mass is 19.1. The Labute approximate surface area is 600 Å². The number of aryl methyl sites for hydroxylation is 1. The molecule has 0 fully saturated rings. The molecule has 4 heterocycles. The third-order valence-corrected chi connectivity index (χ3v) is 17.2. The lowest BCUT2D eigenvalue weighted by Crippen LogP contribution is -2.56. The molecular weight excluding hydrogens is 1370 g/mol. The summed E-state index contributed by atoms with van der Waals surface area (Å²) in [6, 6.07) is 5.56. The molecule has 4 atom stereocenters. The number of primary amides is 1. The molecule has 1 aliphatic carbocycles. The highest BCUT2D eigenvalue weighted by Gasteiger charge is 2.46. The predicted octanol–water partition coefficient (Wildman–Crippen LogP) is 2.88. The Balaban J connectivity index is 0.756. The van der Waals surface area contributed by atoms with Gasteiger partial charge in [0.1, 0.15) is 31.1 Å². The fourth-order valence-electron chi connectivity index (χ4n) is 11.6. The van der Waals surface area contributed by atoms with E-state index in [9.17, 15) is 48.3 Å². The van der Waals surface area contributed by atoms with Gasteiger partial charge in [0.2, 0.25) is 29.5 Å². The molecule has 3 aliphatic rings. The number of aromatic nitrogens is 2. The number of ether oxygens (including phenoxy) is 11. The first-order chi connectivity index (χ1) is 50.1. The van der Waals surface area contributed by atoms with Gasteiger partial charge in [0, 0.05) is 59.7 Å². The minimum atomic E-state index is -2.06.